The van der Waals surface area contributed by atoms with E-state index < -0.39 is 23.7 Å². The number of methoxy groups -OCH3 is 1. The van der Waals surface area contributed by atoms with Gasteiger partial charge < -0.3 is 25.0 Å². The van der Waals surface area contributed by atoms with E-state index in [0.29, 0.717) is 18.7 Å². The number of amides is 3. The van der Waals surface area contributed by atoms with Crippen LogP contribution in [-0.2, 0) is 14.3 Å². The molecule has 0 aliphatic carbocycles. The van der Waals surface area contributed by atoms with Gasteiger partial charge >= 0.3 is 18.1 Å². The first-order chi connectivity index (χ1) is 13.7. The summed E-state index contributed by atoms with van der Waals surface area (Å²) in [6, 6.07) is 6.09. The van der Waals surface area contributed by atoms with Gasteiger partial charge in [0.25, 0.3) is 0 Å². The van der Waals surface area contributed by atoms with Crippen molar-refractivity contribution in [3.8, 4) is 0 Å². The molecule has 9 nitrogen and oxygen atoms in total. The normalized spacial score (nSPS) is 20.1. The highest BCUT2D eigenvalue weighted by Crippen LogP contribution is 2.26. The molecule has 2 N–H and O–H groups in total. The zero-order valence-corrected chi connectivity index (χ0v) is 17.2. The van der Waals surface area contributed by atoms with Gasteiger partial charge in [0.15, 0.2) is 6.04 Å². The summed E-state index contributed by atoms with van der Waals surface area (Å²) in [5.41, 5.74) is 0.595. The Kier molecular flexibility index (Phi) is 5.97. The fourth-order valence-electron chi connectivity index (χ4n) is 3.50. The Morgan fingerprint density at radius 3 is 2.52 bits per heavy atom. The van der Waals surface area contributed by atoms with Crippen LogP contribution in [0, 0.1) is 0 Å². The number of hydrogen-bond donors (Lipinski definition) is 2. The molecule has 2 heterocycles. The Labute approximate surface area is 170 Å². The second-order valence-electron chi connectivity index (χ2n) is 8.14. The molecule has 0 aromatic heterocycles. The minimum Gasteiger partial charge on any atom is -0.467 e. The molecule has 29 heavy (non-hydrogen) atoms. The van der Waals surface area contributed by atoms with E-state index in [-0.39, 0.29) is 12.1 Å². The molecule has 2 aliphatic rings. The number of anilines is 1. The van der Waals surface area contributed by atoms with Gasteiger partial charge in [-0.1, -0.05) is 12.1 Å². The molecular formula is C20H28N4O5. The predicted molar refractivity (Wildman–Crippen MR) is 107 cm³/mol. The number of rotatable bonds is 4. The lowest BCUT2D eigenvalue weighted by molar-refractivity contribution is -0.143. The zero-order valence-electron chi connectivity index (χ0n) is 17.2. The van der Waals surface area contributed by atoms with Gasteiger partial charge in [0.05, 0.1) is 13.2 Å². The van der Waals surface area contributed by atoms with Crippen molar-refractivity contribution in [3.63, 3.8) is 0 Å². The summed E-state index contributed by atoms with van der Waals surface area (Å²) >= 11 is 0. The van der Waals surface area contributed by atoms with E-state index in [2.05, 4.69) is 10.6 Å². The van der Waals surface area contributed by atoms with Crippen LogP contribution in [0.3, 0.4) is 0 Å². The Morgan fingerprint density at radius 1 is 1.24 bits per heavy atom. The first-order valence-electron chi connectivity index (χ1n) is 9.66. The predicted octanol–water partition coefficient (Wildman–Crippen LogP) is 1.64. The van der Waals surface area contributed by atoms with Gasteiger partial charge in [0, 0.05) is 31.9 Å². The molecule has 0 bridgehead atoms. The van der Waals surface area contributed by atoms with Gasteiger partial charge in [-0.15, -0.1) is 0 Å². The number of ether oxygens (including phenoxy) is 2. The number of carbonyl (C=O) groups is 3. The second-order valence-corrected chi connectivity index (χ2v) is 8.14. The quantitative estimate of drug-likeness (QED) is 0.740. The number of piperazine rings is 1. The minimum absolute atomic E-state index is 0.0133. The van der Waals surface area contributed by atoms with E-state index in [4.69, 9.17) is 9.47 Å². The third-order valence-electron chi connectivity index (χ3n) is 4.86. The fourth-order valence-corrected chi connectivity index (χ4v) is 3.50. The zero-order chi connectivity index (χ0) is 21.2. The van der Waals surface area contributed by atoms with Crippen LogP contribution in [0.15, 0.2) is 24.3 Å². The molecule has 2 aliphatic heterocycles. The van der Waals surface area contributed by atoms with E-state index in [1.165, 1.54) is 7.11 Å². The molecule has 1 aromatic rings. The van der Waals surface area contributed by atoms with E-state index in [0.717, 1.165) is 18.8 Å². The number of nitrogens with one attached hydrogen (secondary N) is 2. The van der Waals surface area contributed by atoms with Crippen LogP contribution in [0.1, 0.15) is 32.4 Å². The Hall–Kier alpha value is -2.81. The molecule has 2 saturated heterocycles. The summed E-state index contributed by atoms with van der Waals surface area (Å²) in [5, 5.41) is 5.85. The van der Waals surface area contributed by atoms with E-state index >= 15 is 0 Å². The third-order valence-corrected chi connectivity index (χ3v) is 4.86. The van der Waals surface area contributed by atoms with Crippen LogP contribution in [0.2, 0.25) is 0 Å². The average molecular weight is 404 g/mol. The maximum Gasteiger partial charge on any atom is 0.408 e. The molecule has 3 rings (SSSR count). The SMILES string of the molecule is COC(=O)C(NC(=O)OC(C)(C)C)c1ccc(N2C[C@@H]3CNCCN3C2=O)cc1. The molecule has 1 unspecified atom stereocenters. The van der Waals surface area contributed by atoms with Crippen LogP contribution in [-0.4, -0.2) is 67.9 Å². The molecule has 3 amide bonds. The van der Waals surface area contributed by atoms with Crippen molar-refractivity contribution in [2.24, 2.45) is 0 Å². The summed E-state index contributed by atoms with van der Waals surface area (Å²) in [6.45, 7) is 8.11. The number of esters is 1. The number of benzene rings is 1. The summed E-state index contributed by atoms with van der Waals surface area (Å²) in [4.78, 5) is 40.6. The minimum atomic E-state index is -1.01. The van der Waals surface area contributed by atoms with Crippen LogP contribution in [0.5, 0.6) is 0 Å². The third kappa shape index (κ3) is 4.79. The van der Waals surface area contributed by atoms with Gasteiger partial charge in [-0.05, 0) is 38.5 Å². The van der Waals surface area contributed by atoms with Gasteiger partial charge in [0.1, 0.15) is 5.60 Å². The summed E-state index contributed by atoms with van der Waals surface area (Å²) in [5.74, 6) is -0.607. The van der Waals surface area contributed by atoms with Gasteiger partial charge in [0.2, 0.25) is 0 Å². The number of fused-ring (bicyclic) bond motifs is 1. The van der Waals surface area contributed by atoms with Crippen LogP contribution < -0.4 is 15.5 Å². The van der Waals surface area contributed by atoms with Gasteiger partial charge in [-0.3, -0.25) is 4.90 Å². The Morgan fingerprint density at radius 2 is 1.93 bits per heavy atom. The number of carbonyl (C=O) groups excluding carboxylic acids is 3. The highest BCUT2D eigenvalue weighted by molar-refractivity contribution is 5.95. The highest BCUT2D eigenvalue weighted by atomic mass is 16.6. The fraction of sp³-hybridized carbons (Fsp3) is 0.550. The number of alkyl carbamates (subject to hydrolysis) is 1. The van der Waals surface area contributed by atoms with Crippen LogP contribution >= 0.6 is 0 Å². The van der Waals surface area contributed by atoms with E-state index in [9.17, 15) is 14.4 Å². The van der Waals surface area contributed by atoms with Gasteiger partial charge in [-0.2, -0.15) is 0 Å². The van der Waals surface area contributed by atoms with Crippen molar-refractivity contribution < 1.29 is 23.9 Å². The molecule has 0 radical (unpaired) electrons. The highest BCUT2D eigenvalue weighted by Gasteiger charge is 2.39. The Bertz CT molecular complexity index is 774. The lowest BCUT2D eigenvalue weighted by atomic mass is 10.1. The number of hydrogen-bond acceptors (Lipinski definition) is 6. The maximum absolute atomic E-state index is 12.7. The molecule has 0 spiro atoms. The first kappa shape index (κ1) is 20.9. The van der Waals surface area contributed by atoms with E-state index in [1.54, 1.807) is 49.9 Å². The number of nitrogens with zero attached hydrogens (tertiary/aromatic N) is 2. The summed E-state index contributed by atoms with van der Waals surface area (Å²) in [6.07, 6.45) is -0.712. The van der Waals surface area contributed by atoms with Crippen LogP contribution in [0.4, 0.5) is 15.3 Å². The monoisotopic (exact) mass is 404 g/mol. The lowest BCUT2D eigenvalue weighted by Crippen LogP contribution is -2.49. The van der Waals surface area contributed by atoms with E-state index in [1.807, 2.05) is 4.90 Å². The average Bonchev–Trinajstić information content (AvgIpc) is 3.01. The van der Waals surface area contributed by atoms with Crippen LogP contribution in [0.25, 0.3) is 0 Å². The molecule has 9 heteroatoms. The second kappa shape index (κ2) is 8.28. The van der Waals surface area contributed by atoms with Crippen molar-refractivity contribution in [3.05, 3.63) is 29.8 Å². The standard InChI is InChI=1S/C20H28N4O5/c1-20(2,3)29-18(26)22-16(17(25)28-4)13-5-7-14(8-6-13)24-12-15-11-21-9-10-23(15)19(24)27/h5-8,15-16,21H,9-12H2,1-4H3,(H,22,26)/t15-,16?/m0/s1. The van der Waals surface area contributed by atoms with Crippen molar-refractivity contribution in [2.75, 3.05) is 38.2 Å². The molecule has 2 fully saturated rings. The van der Waals surface area contributed by atoms with Gasteiger partial charge in [-0.25, -0.2) is 14.4 Å². The van der Waals surface area contributed by atoms with Crippen molar-refractivity contribution in [1.29, 1.82) is 0 Å². The smallest absolute Gasteiger partial charge is 0.408 e. The molecule has 1 aromatic carbocycles. The maximum atomic E-state index is 12.7. The molecule has 2 atom stereocenters. The topological polar surface area (TPSA) is 100 Å². The van der Waals surface area contributed by atoms with Crippen molar-refractivity contribution in [1.82, 2.24) is 15.5 Å². The largest absolute Gasteiger partial charge is 0.467 e. The number of urea groups is 1. The lowest BCUT2D eigenvalue weighted by Gasteiger charge is -2.28. The molecule has 0 saturated carbocycles. The molecule has 158 valence electrons. The van der Waals surface area contributed by atoms with Crippen molar-refractivity contribution >= 4 is 23.8 Å². The van der Waals surface area contributed by atoms with Crippen molar-refractivity contribution in [2.45, 2.75) is 38.5 Å². The summed E-state index contributed by atoms with van der Waals surface area (Å²) in [7, 11) is 1.26. The molecular weight excluding hydrogens is 376 g/mol. The Balaban J connectivity index is 1.74. The first-order valence-corrected chi connectivity index (χ1v) is 9.66. The summed E-state index contributed by atoms with van der Waals surface area (Å²) < 4.78 is 10.1.